The average Bonchev–Trinajstić information content (AvgIpc) is 2.87. The summed E-state index contributed by atoms with van der Waals surface area (Å²) in [6.45, 7) is 4.94. The highest BCUT2D eigenvalue weighted by molar-refractivity contribution is 5.34. The van der Waals surface area contributed by atoms with E-state index in [9.17, 15) is 4.39 Å². The van der Waals surface area contributed by atoms with E-state index >= 15 is 8.78 Å². The maximum Gasteiger partial charge on any atom is 0.165 e. The normalized spacial score (nSPS) is 24.9. The number of benzene rings is 2. The molecule has 4 rings (SSSR count). The molecule has 2 aliphatic carbocycles. The molecule has 2 saturated carbocycles. The fourth-order valence-electron chi connectivity index (χ4n) is 6.12. The second kappa shape index (κ2) is 12.3. The van der Waals surface area contributed by atoms with Gasteiger partial charge in [-0.2, -0.15) is 0 Å². The molecule has 1 nitrogen and oxygen atoms in total. The second-order valence-electron chi connectivity index (χ2n) is 11.0. The zero-order chi connectivity index (χ0) is 24.8. The van der Waals surface area contributed by atoms with Crippen LogP contribution >= 0.6 is 0 Å². The van der Waals surface area contributed by atoms with Gasteiger partial charge in [-0.25, -0.2) is 13.2 Å². The summed E-state index contributed by atoms with van der Waals surface area (Å²) in [7, 11) is 0. The molecule has 2 aliphatic rings. The molecule has 4 heteroatoms. The van der Waals surface area contributed by atoms with Gasteiger partial charge in [-0.15, -0.1) is 0 Å². The van der Waals surface area contributed by atoms with Crippen molar-refractivity contribution in [3.05, 3.63) is 64.5 Å². The Balaban J connectivity index is 1.34. The van der Waals surface area contributed by atoms with E-state index in [1.54, 1.807) is 12.1 Å². The highest BCUT2D eigenvalue weighted by Gasteiger charge is 2.29. The first kappa shape index (κ1) is 26.1. The standard InChI is InChI=1S/C31H41F3O/c1-3-4-5-6-19-35-29-18-15-25(20-28(29)32)22-11-13-24(14-12-22)27-17-16-26(30(33)31(27)34)23-9-7-21(2)8-10-23/h15-18,20-24H,3-14,19H2,1-2H3. The number of unbranched alkanes of at least 4 members (excludes halogenated alkanes) is 3. The molecule has 0 amide bonds. The Hall–Kier alpha value is -1.97. The van der Waals surface area contributed by atoms with Gasteiger partial charge in [0.25, 0.3) is 0 Å². The Morgan fingerprint density at radius 1 is 0.714 bits per heavy atom. The van der Waals surface area contributed by atoms with Crippen LogP contribution < -0.4 is 4.74 Å². The Morgan fingerprint density at radius 3 is 1.86 bits per heavy atom. The van der Waals surface area contributed by atoms with Crippen LogP contribution in [0.15, 0.2) is 30.3 Å². The van der Waals surface area contributed by atoms with E-state index in [1.807, 2.05) is 18.2 Å². The second-order valence-corrected chi connectivity index (χ2v) is 11.0. The van der Waals surface area contributed by atoms with Crippen LogP contribution in [0, 0.1) is 23.4 Å². The lowest BCUT2D eigenvalue weighted by Gasteiger charge is -2.30. The summed E-state index contributed by atoms with van der Waals surface area (Å²) < 4.78 is 50.4. The zero-order valence-corrected chi connectivity index (χ0v) is 21.4. The summed E-state index contributed by atoms with van der Waals surface area (Å²) in [5.41, 5.74) is 2.06. The fourth-order valence-corrected chi connectivity index (χ4v) is 6.12. The molecule has 0 radical (unpaired) electrons. The van der Waals surface area contributed by atoms with Crippen LogP contribution in [-0.2, 0) is 0 Å². The van der Waals surface area contributed by atoms with Crippen LogP contribution in [0.2, 0.25) is 0 Å². The molecule has 35 heavy (non-hydrogen) atoms. The largest absolute Gasteiger partial charge is 0.491 e. The Kier molecular flexibility index (Phi) is 9.19. The molecule has 0 aromatic heterocycles. The van der Waals surface area contributed by atoms with Crippen molar-refractivity contribution in [2.24, 2.45) is 5.92 Å². The smallest absolute Gasteiger partial charge is 0.165 e. The lowest BCUT2D eigenvalue weighted by atomic mass is 9.75. The van der Waals surface area contributed by atoms with Gasteiger partial charge >= 0.3 is 0 Å². The van der Waals surface area contributed by atoms with Gasteiger partial charge in [0.05, 0.1) is 6.61 Å². The first-order chi connectivity index (χ1) is 17.0. The minimum atomic E-state index is -0.643. The molecular formula is C31H41F3O. The van der Waals surface area contributed by atoms with Crippen molar-refractivity contribution in [2.75, 3.05) is 6.61 Å². The number of rotatable bonds is 9. The van der Waals surface area contributed by atoms with E-state index < -0.39 is 11.6 Å². The van der Waals surface area contributed by atoms with Crippen LogP contribution in [0.25, 0.3) is 0 Å². The molecule has 2 aromatic carbocycles. The molecular weight excluding hydrogens is 445 g/mol. The highest BCUT2D eigenvalue weighted by atomic mass is 19.2. The monoisotopic (exact) mass is 486 g/mol. The van der Waals surface area contributed by atoms with E-state index in [0.717, 1.165) is 76.2 Å². The zero-order valence-electron chi connectivity index (χ0n) is 21.4. The molecule has 2 aromatic rings. The highest BCUT2D eigenvalue weighted by Crippen LogP contribution is 2.44. The number of halogens is 3. The van der Waals surface area contributed by atoms with Gasteiger partial charge in [0.2, 0.25) is 0 Å². The van der Waals surface area contributed by atoms with Gasteiger partial charge in [0, 0.05) is 0 Å². The van der Waals surface area contributed by atoms with Crippen molar-refractivity contribution in [1.82, 2.24) is 0 Å². The quantitative estimate of drug-likeness (QED) is 0.321. The van der Waals surface area contributed by atoms with Crippen LogP contribution in [0.5, 0.6) is 5.75 Å². The number of ether oxygens (including phenoxy) is 1. The van der Waals surface area contributed by atoms with Crippen LogP contribution in [-0.4, -0.2) is 6.61 Å². The third kappa shape index (κ3) is 6.43. The Bertz CT molecular complexity index is 956. The van der Waals surface area contributed by atoms with Crippen molar-refractivity contribution in [1.29, 1.82) is 0 Å². The number of hydrogen-bond acceptors (Lipinski definition) is 1. The van der Waals surface area contributed by atoms with E-state index in [0.29, 0.717) is 29.4 Å². The van der Waals surface area contributed by atoms with Gasteiger partial charge in [-0.3, -0.25) is 0 Å². The third-order valence-electron chi connectivity index (χ3n) is 8.45. The van der Waals surface area contributed by atoms with Crippen molar-refractivity contribution in [3.8, 4) is 5.75 Å². The van der Waals surface area contributed by atoms with Gasteiger partial charge in [-0.05, 0) is 97.4 Å². The minimum absolute atomic E-state index is 0.0248. The Morgan fingerprint density at radius 2 is 1.29 bits per heavy atom. The molecule has 0 N–H and O–H groups in total. The van der Waals surface area contributed by atoms with Gasteiger partial charge in [0.1, 0.15) is 0 Å². The van der Waals surface area contributed by atoms with Crippen molar-refractivity contribution >= 4 is 0 Å². The van der Waals surface area contributed by atoms with Crippen LogP contribution in [0.1, 0.15) is 125 Å². The Labute approximate surface area is 209 Å². The van der Waals surface area contributed by atoms with Gasteiger partial charge < -0.3 is 4.74 Å². The topological polar surface area (TPSA) is 9.23 Å². The van der Waals surface area contributed by atoms with E-state index in [2.05, 4.69) is 13.8 Å². The third-order valence-corrected chi connectivity index (χ3v) is 8.45. The molecule has 0 saturated heterocycles. The molecule has 0 unspecified atom stereocenters. The first-order valence-electron chi connectivity index (χ1n) is 13.9. The summed E-state index contributed by atoms with van der Waals surface area (Å²) in [6.07, 6.45) is 11.7. The summed E-state index contributed by atoms with van der Waals surface area (Å²) >= 11 is 0. The molecule has 0 bridgehead atoms. The first-order valence-corrected chi connectivity index (χ1v) is 13.9. The van der Waals surface area contributed by atoms with E-state index in [-0.39, 0.29) is 23.6 Å². The lowest BCUT2D eigenvalue weighted by Crippen LogP contribution is -2.16. The van der Waals surface area contributed by atoms with E-state index in [1.165, 1.54) is 6.42 Å². The van der Waals surface area contributed by atoms with Gasteiger partial charge in [-0.1, -0.05) is 64.2 Å². The summed E-state index contributed by atoms with van der Waals surface area (Å²) in [5.74, 6) is -0.157. The summed E-state index contributed by atoms with van der Waals surface area (Å²) in [5, 5.41) is 0. The molecule has 0 aliphatic heterocycles. The van der Waals surface area contributed by atoms with Crippen LogP contribution in [0.4, 0.5) is 13.2 Å². The fraction of sp³-hybridized carbons (Fsp3) is 0.613. The van der Waals surface area contributed by atoms with Crippen molar-refractivity contribution in [3.63, 3.8) is 0 Å². The molecule has 2 fully saturated rings. The van der Waals surface area contributed by atoms with Crippen molar-refractivity contribution in [2.45, 2.75) is 109 Å². The van der Waals surface area contributed by atoms with E-state index in [4.69, 9.17) is 4.74 Å². The maximum atomic E-state index is 15.1. The molecule has 0 heterocycles. The molecule has 0 spiro atoms. The molecule has 192 valence electrons. The van der Waals surface area contributed by atoms with Crippen LogP contribution in [0.3, 0.4) is 0 Å². The maximum absolute atomic E-state index is 15.1. The number of hydrogen-bond donors (Lipinski definition) is 0. The SMILES string of the molecule is CCCCCCOc1ccc(C2CCC(c3ccc(C4CCC(C)CC4)c(F)c3F)CC2)cc1F. The summed E-state index contributed by atoms with van der Waals surface area (Å²) in [4.78, 5) is 0. The predicted octanol–water partition coefficient (Wildman–Crippen LogP) is 9.80. The lowest BCUT2D eigenvalue weighted by molar-refractivity contribution is 0.290. The van der Waals surface area contributed by atoms with Gasteiger partial charge in [0.15, 0.2) is 23.2 Å². The molecule has 0 atom stereocenters. The summed E-state index contributed by atoms with van der Waals surface area (Å²) in [6, 6.07) is 9.00. The van der Waals surface area contributed by atoms with Crippen molar-refractivity contribution < 1.29 is 17.9 Å². The predicted molar refractivity (Wildman–Crippen MR) is 137 cm³/mol. The minimum Gasteiger partial charge on any atom is -0.491 e. The average molecular weight is 487 g/mol.